The molecule has 2 N–H and O–H groups in total. The highest BCUT2D eigenvalue weighted by Crippen LogP contribution is 2.39. The number of hydrogen-bond donors (Lipinski definition) is 1. The Labute approximate surface area is 151 Å². The molecule has 2 rings (SSSR count). The molecule has 0 radical (unpaired) electrons. The van der Waals surface area contributed by atoms with E-state index in [-0.39, 0.29) is 6.10 Å². The van der Waals surface area contributed by atoms with E-state index in [1.54, 1.807) is 14.2 Å². The number of nitrogens with zero attached hydrogens (tertiary/aromatic N) is 2. The summed E-state index contributed by atoms with van der Waals surface area (Å²) in [5.41, 5.74) is 6.78. The van der Waals surface area contributed by atoms with Crippen LogP contribution >= 0.6 is 0 Å². The molecule has 0 unspecified atom stereocenters. The highest BCUT2D eigenvalue weighted by Gasteiger charge is 2.19. The molecule has 1 saturated heterocycles. The van der Waals surface area contributed by atoms with Crippen LogP contribution in [-0.4, -0.2) is 69.4 Å². The number of methoxy groups -OCH3 is 2. The lowest BCUT2D eigenvalue weighted by molar-refractivity contribution is 0.126. The van der Waals surface area contributed by atoms with Gasteiger partial charge in [-0.3, -0.25) is 4.90 Å². The summed E-state index contributed by atoms with van der Waals surface area (Å²) in [4.78, 5) is 4.96. The fraction of sp³-hybridized carbons (Fsp3) is 0.684. The maximum absolute atomic E-state index is 5.87. The zero-order chi connectivity index (χ0) is 18.2. The van der Waals surface area contributed by atoms with Crippen LogP contribution in [-0.2, 0) is 6.54 Å². The molecule has 1 aliphatic heterocycles. The Morgan fingerprint density at radius 1 is 1.00 bits per heavy atom. The predicted octanol–water partition coefficient (Wildman–Crippen LogP) is 1.96. The van der Waals surface area contributed by atoms with Gasteiger partial charge in [-0.25, -0.2) is 0 Å². The van der Waals surface area contributed by atoms with Crippen LogP contribution in [0.1, 0.15) is 25.8 Å². The molecule has 6 nitrogen and oxygen atoms in total. The van der Waals surface area contributed by atoms with E-state index in [1.165, 1.54) is 5.56 Å². The molecule has 1 aliphatic rings. The van der Waals surface area contributed by atoms with E-state index >= 15 is 0 Å². The smallest absolute Gasteiger partial charge is 0.203 e. The average molecular weight is 351 g/mol. The van der Waals surface area contributed by atoms with Crippen LogP contribution < -0.4 is 19.9 Å². The van der Waals surface area contributed by atoms with Crippen LogP contribution in [0.15, 0.2) is 12.1 Å². The van der Waals surface area contributed by atoms with Crippen molar-refractivity contribution in [3.63, 3.8) is 0 Å². The summed E-state index contributed by atoms with van der Waals surface area (Å²) in [6, 6.07) is 4.11. The number of nitrogens with two attached hydrogens (primary N) is 1. The first-order chi connectivity index (χ1) is 12.1. The maximum atomic E-state index is 5.87. The molecule has 0 bridgehead atoms. The molecule has 1 fully saturated rings. The molecule has 1 aromatic carbocycles. The summed E-state index contributed by atoms with van der Waals surface area (Å²) >= 11 is 0. The molecular formula is C19H33N3O3. The van der Waals surface area contributed by atoms with Gasteiger partial charge in [-0.2, -0.15) is 0 Å². The van der Waals surface area contributed by atoms with Gasteiger partial charge in [0.2, 0.25) is 5.75 Å². The van der Waals surface area contributed by atoms with Gasteiger partial charge in [0.1, 0.15) is 0 Å². The monoisotopic (exact) mass is 351 g/mol. The second-order valence-corrected chi connectivity index (χ2v) is 6.76. The largest absolute Gasteiger partial charge is 0.493 e. The van der Waals surface area contributed by atoms with Gasteiger partial charge in [0, 0.05) is 32.7 Å². The molecule has 0 spiro atoms. The minimum absolute atomic E-state index is 0.0650. The Balaban J connectivity index is 2.03. The quantitative estimate of drug-likeness (QED) is 0.734. The van der Waals surface area contributed by atoms with Crippen LogP contribution in [0.3, 0.4) is 0 Å². The van der Waals surface area contributed by atoms with Gasteiger partial charge < -0.3 is 24.8 Å². The van der Waals surface area contributed by atoms with Crippen molar-refractivity contribution in [2.75, 3.05) is 53.5 Å². The summed E-state index contributed by atoms with van der Waals surface area (Å²) in [5, 5.41) is 0. The van der Waals surface area contributed by atoms with Gasteiger partial charge >= 0.3 is 0 Å². The Morgan fingerprint density at radius 3 is 2.04 bits per heavy atom. The van der Waals surface area contributed by atoms with Crippen molar-refractivity contribution in [1.29, 1.82) is 0 Å². The van der Waals surface area contributed by atoms with E-state index in [1.807, 2.05) is 13.8 Å². The van der Waals surface area contributed by atoms with E-state index < -0.39 is 0 Å². The first kappa shape index (κ1) is 19.8. The lowest BCUT2D eigenvalue weighted by Gasteiger charge is -2.34. The third kappa shape index (κ3) is 5.76. The normalized spacial score (nSPS) is 16.2. The lowest BCUT2D eigenvalue weighted by atomic mass is 10.1. The highest BCUT2D eigenvalue weighted by molar-refractivity contribution is 5.54. The number of rotatable bonds is 9. The van der Waals surface area contributed by atoms with Gasteiger partial charge in [0.25, 0.3) is 0 Å². The summed E-state index contributed by atoms with van der Waals surface area (Å²) in [7, 11) is 3.34. The van der Waals surface area contributed by atoms with Crippen LogP contribution in [0.4, 0.5) is 0 Å². The average Bonchev–Trinajstić information content (AvgIpc) is 2.61. The van der Waals surface area contributed by atoms with Gasteiger partial charge in [0.15, 0.2) is 11.5 Å². The predicted molar refractivity (Wildman–Crippen MR) is 101 cm³/mol. The molecule has 0 aromatic heterocycles. The summed E-state index contributed by atoms with van der Waals surface area (Å²) in [5.74, 6) is 2.13. The topological polar surface area (TPSA) is 60.2 Å². The molecule has 142 valence electrons. The van der Waals surface area contributed by atoms with Crippen LogP contribution in [0.2, 0.25) is 0 Å². The Hall–Kier alpha value is -1.50. The van der Waals surface area contributed by atoms with Gasteiger partial charge in [-0.1, -0.05) is 0 Å². The number of hydrogen-bond acceptors (Lipinski definition) is 6. The van der Waals surface area contributed by atoms with E-state index in [2.05, 4.69) is 21.9 Å². The first-order valence-corrected chi connectivity index (χ1v) is 9.13. The van der Waals surface area contributed by atoms with Crippen molar-refractivity contribution in [1.82, 2.24) is 9.80 Å². The van der Waals surface area contributed by atoms with Crippen molar-refractivity contribution in [2.45, 2.75) is 32.9 Å². The van der Waals surface area contributed by atoms with Crippen molar-refractivity contribution < 1.29 is 14.2 Å². The standard InChI is InChI=1S/C19H33N3O3/c1-15(2)25-19-17(23-3)12-16(13-18(19)24-4)14-22-10-8-21(9-11-22)7-5-6-20/h12-13,15H,5-11,14,20H2,1-4H3. The highest BCUT2D eigenvalue weighted by atomic mass is 16.5. The third-order valence-electron chi connectivity index (χ3n) is 4.42. The van der Waals surface area contributed by atoms with Gasteiger partial charge in [-0.15, -0.1) is 0 Å². The molecular weight excluding hydrogens is 318 g/mol. The van der Waals surface area contributed by atoms with Crippen LogP contribution in [0.5, 0.6) is 17.2 Å². The van der Waals surface area contributed by atoms with Crippen molar-refractivity contribution >= 4 is 0 Å². The SMILES string of the molecule is COc1cc(CN2CCN(CCCN)CC2)cc(OC)c1OC(C)C. The van der Waals surface area contributed by atoms with E-state index in [4.69, 9.17) is 19.9 Å². The molecule has 0 saturated carbocycles. The summed E-state index contributed by atoms with van der Waals surface area (Å²) < 4.78 is 16.9. The number of piperazine rings is 1. The minimum Gasteiger partial charge on any atom is -0.493 e. The first-order valence-electron chi connectivity index (χ1n) is 9.13. The third-order valence-corrected chi connectivity index (χ3v) is 4.42. The Kier molecular flexibility index (Phi) is 7.81. The van der Waals surface area contributed by atoms with Crippen molar-refractivity contribution in [3.8, 4) is 17.2 Å². The van der Waals surface area contributed by atoms with Crippen LogP contribution in [0, 0.1) is 0 Å². The van der Waals surface area contributed by atoms with Crippen molar-refractivity contribution in [2.24, 2.45) is 5.73 Å². The maximum Gasteiger partial charge on any atom is 0.203 e. The molecule has 1 aromatic rings. The lowest BCUT2D eigenvalue weighted by Crippen LogP contribution is -2.46. The Bertz CT molecular complexity index is 504. The van der Waals surface area contributed by atoms with Crippen molar-refractivity contribution in [3.05, 3.63) is 17.7 Å². The van der Waals surface area contributed by atoms with Gasteiger partial charge in [-0.05, 0) is 51.1 Å². The molecule has 25 heavy (non-hydrogen) atoms. The van der Waals surface area contributed by atoms with E-state index in [0.717, 1.165) is 63.7 Å². The molecule has 0 amide bonds. The zero-order valence-corrected chi connectivity index (χ0v) is 16.1. The summed E-state index contributed by atoms with van der Waals surface area (Å²) in [6.07, 6.45) is 1.14. The summed E-state index contributed by atoms with van der Waals surface area (Å²) in [6.45, 7) is 11.1. The van der Waals surface area contributed by atoms with E-state index in [0.29, 0.717) is 5.75 Å². The fourth-order valence-electron chi connectivity index (χ4n) is 3.12. The molecule has 0 atom stereocenters. The molecule has 6 heteroatoms. The molecule has 0 aliphatic carbocycles. The Morgan fingerprint density at radius 2 is 1.56 bits per heavy atom. The minimum atomic E-state index is 0.0650. The van der Waals surface area contributed by atoms with Crippen LogP contribution in [0.25, 0.3) is 0 Å². The fourth-order valence-corrected chi connectivity index (χ4v) is 3.12. The second-order valence-electron chi connectivity index (χ2n) is 6.76. The molecule has 1 heterocycles. The second kappa shape index (κ2) is 9.85. The zero-order valence-electron chi connectivity index (χ0n) is 16.1. The van der Waals surface area contributed by atoms with E-state index in [9.17, 15) is 0 Å². The van der Waals surface area contributed by atoms with Gasteiger partial charge in [0.05, 0.1) is 20.3 Å². The number of ether oxygens (including phenoxy) is 3. The number of benzene rings is 1.